The minimum Gasteiger partial charge on any atom is -0.345 e. The van der Waals surface area contributed by atoms with Gasteiger partial charge in [0.2, 0.25) is 0 Å². The first-order valence-electron chi connectivity index (χ1n) is 16.7. The zero-order chi connectivity index (χ0) is 37.5. The van der Waals surface area contributed by atoms with Crippen molar-refractivity contribution < 1.29 is 19.2 Å². The van der Waals surface area contributed by atoms with Crippen molar-refractivity contribution in [2.75, 3.05) is 0 Å². The average Bonchev–Trinajstić information content (AvgIpc) is 3.23. The third kappa shape index (κ3) is 10.4. The molecule has 0 spiro atoms. The lowest BCUT2D eigenvalue weighted by atomic mass is 10.1. The Morgan fingerprint density at radius 1 is 0.407 bits per heavy atom. The summed E-state index contributed by atoms with van der Waals surface area (Å²) < 4.78 is 0. The monoisotopic (exact) mass is 716 g/mol. The van der Waals surface area contributed by atoms with E-state index in [1.54, 1.807) is 97.6 Å². The molecule has 266 valence electrons. The summed E-state index contributed by atoms with van der Waals surface area (Å²) in [5.41, 5.74) is 2.85. The average molecular weight is 717 g/mol. The van der Waals surface area contributed by atoms with Gasteiger partial charge in [0, 0.05) is 35.9 Å². The third-order valence-electron chi connectivity index (χ3n) is 7.56. The van der Waals surface area contributed by atoms with Crippen LogP contribution in [0.2, 0.25) is 0 Å². The minimum absolute atomic E-state index is 0.0559. The number of hydrogen-bond acceptors (Lipinski definition) is 10. The molecule has 0 aliphatic rings. The van der Waals surface area contributed by atoms with Gasteiger partial charge in [-0.15, -0.1) is 0 Å². The maximum absolute atomic E-state index is 13.3. The molecule has 6 aromatic rings. The van der Waals surface area contributed by atoms with Crippen LogP contribution >= 0.6 is 0 Å². The van der Waals surface area contributed by atoms with Crippen LogP contribution in [0.4, 0.5) is 0 Å². The molecule has 0 saturated carbocycles. The van der Waals surface area contributed by atoms with Gasteiger partial charge in [0.25, 0.3) is 23.6 Å². The number of amides is 4. The summed E-state index contributed by atoms with van der Waals surface area (Å²) in [5.74, 6) is 3.72. The molecule has 0 unspecified atom stereocenters. The van der Waals surface area contributed by atoms with Crippen LogP contribution < -0.4 is 21.3 Å². The van der Waals surface area contributed by atoms with Gasteiger partial charge in [-0.3, -0.25) is 39.1 Å². The molecule has 0 bridgehead atoms. The topological polar surface area (TPSA) is 194 Å². The maximum atomic E-state index is 13.3. The van der Waals surface area contributed by atoms with Crippen LogP contribution in [0.5, 0.6) is 0 Å². The Labute approximate surface area is 310 Å². The number of carbonyl (C=O) groups excluding carboxylic acids is 4. The van der Waals surface area contributed by atoms with Crippen LogP contribution in [0, 0.1) is 11.8 Å². The van der Waals surface area contributed by atoms with Gasteiger partial charge < -0.3 is 21.3 Å². The van der Waals surface area contributed by atoms with Crippen LogP contribution in [0.25, 0.3) is 0 Å². The highest BCUT2D eigenvalue weighted by molar-refractivity contribution is 5.98. The Balaban J connectivity index is 1.29. The van der Waals surface area contributed by atoms with E-state index in [0.29, 0.717) is 22.8 Å². The predicted octanol–water partition coefficient (Wildman–Crippen LogP) is 3.18. The van der Waals surface area contributed by atoms with Gasteiger partial charge >= 0.3 is 0 Å². The van der Waals surface area contributed by atoms with Gasteiger partial charge in [-0.2, -0.15) is 0 Å². The summed E-state index contributed by atoms with van der Waals surface area (Å²) in [6.07, 6.45) is 6.46. The number of rotatable bonds is 12. The Hall–Kier alpha value is -7.66. The van der Waals surface area contributed by atoms with E-state index in [4.69, 9.17) is 0 Å². The molecular weight excluding hydrogens is 685 g/mol. The zero-order valence-corrected chi connectivity index (χ0v) is 28.7. The first-order valence-corrected chi connectivity index (χ1v) is 16.7. The fourth-order valence-electron chi connectivity index (χ4n) is 4.87. The zero-order valence-electron chi connectivity index (χ0n) is 28.7. The normalized spacial score (nSPS) is 10.3. The molecule has 54 heavy (non-hydrogen) atoms. The Kier molecular flexibility index (Phi) is 12.1. The Morgan fingerprint density at radius 3 is 0.889 bits per heavy atom. The molecule has 4 amide bonds. The molecule has 0 aromatic carbocycles. The van der Waals surface area contributed by atoms with E-state index in [1.165, 1.54) is 24.3 Å². The lowest BCUT2D eigenvalue weighted by Gasteiger charge is -2.09. The summed E-state index contributed by atoms with van der Waals surface area (Å²) in [6.45, 7) is 0.523. The molecule has 6 rings (SSSR count). The SMILES string of the molecule is O=C(NCc1ccccn1)c1cc(C#Cc2cc(C(=O)NCc3ccccn3)nc(C(=O)NCc3ccccn3)c2)cc(C(=O)NCc2ccccn2)n1. The van der Waals surface area contributed by atoms with E-state index >= 15 is 0 Å². The number of aromatic nitrogens is 6. The highest BCUT2D eigenvalue weighted by Gasteiger charge is 2.17. The number of hydrogen-bond donors (Lipinski definition) is 4. The second kappa shape index (κ2) is 18.0. The fraction of sp³-hybridized carbons (Fsp3) is 0.100. The van der Waals surface area contributed by atoms with E-state index in [9.17, 15) is 19.2 Å². The third-order valence-corrected chi connectivity index (χ3v) is 7.56. The standard InChI is InChI=1S/C40H32N10O4/c51-37(45-23-29-9-1-5-15-41-29)33-19-27(20-34(49-33)38(52)46-24-30-10-2-6-16-42-30)13-14-28-21-35(39(53)47-25-31-11-3-7-17-43-31)50-36(22-28)40(54)48-26-32-12-4-8-18-44-32/h1-12,15-22H,23-26H2,(H,45,51)(H,46,52)(H,47,53)(H,48,54). The van der Waals surface area contributed by atoms with Crippen LogP contribution in [0.15, 0.2) is 122 Å². The molecule has 14 heteroatoms. The number of nitrogens with one attached hydrogen (secondary N) is 4. The van der Waals surface area contributed by atoms with Crippen LogP contribution in [0.1, 0.15) is 75.9 Å². The van der Waals surface area contributed by atoms with Crippen molar-refractivity contribution in [1.82, 2.24) is 51.2 Å². The minimum atomic E-state index is -0.550. The van der Waals surface area contributed by atoms with Gasteiger partial charge in [-0.25, -0.2) is 9.97 Å². The van der Waals surface area contributed by atoms with Crippen molar-refractivity contribution in [3.8, 4) is 11.8 Å². The summed E-state index contributed by atoms with van der Waals surface area (Å²) in [6, 6.07) is 27.1. The molecule has 0 aliphatic heterocycles. The second-order valence-corrected chi connectivity index (χ2v) is 11.5. The number of pyridine rings is 6. The summed E-state index contributed by atoms with van der Waals surface area (Å²) >= 11 is 0. The van der Waals surface area contributed by atoms with E-state index in [-0.39, 0.29) is 60.1 Å². The lowest BCUT2D eigenvalue weighted by Crippen LogP contribution is -2.28. The van der Waals surface area contributed by atoms with E-state index < -0.39 is 23.6 Å². The molecule has 0 fully saturated rings. The summed E-state index contributed by atoms with van der Waals surface area (Å²) in [5, 5.41) is 11.1. The molecule has 4 N–H and O–H groups in total. The van der Waals surface area contributed by atoms with Crippen molar-refractivity contribution in [3.63, 3.8) is 0 Å². The van der Waals surface area contributed by atoms with E-state index in [0.717, 1.165) is 0 Å². The van der Waals surface area contributed by atoms with Crippen molar-refractivity contribution in [2.24, 2.45) is 0 Å². The lowest BCUT2D eigenvalue weighted by molar-refractivity contribution is 0.0925. The van der Waals surface area contributed by atoms with E-state index in [2.05, 4.69) is 63.0 Å². The smallest absolute Gasteiger partial charge is 0.270 e. The predicted molar refractivity (Wildman–Crippen MR) is 196 cm³/mol. The fourth-order valence-corrected chi connectivity index (χ4v) is 4.87. The maximum Gasteiger partial charge on any atom is 0.270 e. The quantitative estimate of drug-likeness (QED) is 0.137. The largest absolute Gasteiger partial charge is 0.345 e. The van der Waals surface area contributed by atoms with Gasteiger partial charge in [0.15, 0.2) is 0 Å². The first-order chi connectivity index (χ1) is 26.4. The van der Waals surface area contributed by atoms with Crippen molar-refractivity contribution in [1.29, 1.82) is 0 Å². The number of nitrogens with zero attached hydrogens (tertiary/aromatic N) is 6. The molecule has 6 heterocycles. The van der Waals surface area contributed by atoms with Crippen molar-refractivity contribution >= 4 is 23.6 Å². The van der Waals surface area contributed by atoms with Gasteiger partial charge in [-0.05, 0) is 72.8 Å². The van der Waals surface area contributed by atoms with Crippen molar-refractivity contribution in [2.45, 2.75) is 26.2 Å². The van der Waals surface area contributed by atoms with Crippen molar-refractivity contribution in [3.05, 3.63) is 179 Å². The van der Waals surface area contributed by atoms with Gasteiger partial charge in [0.1, 0.15) is 22.8 Å². The van der Waals surface area contributed by atoms with Gasteiger partial charge in [-0.1, -0.05) is 36.1 Å². The molecule has 0 saturated heterocycles. The van der Waals surface area contributed by atoms with Crippen LogP contribution in [0.3, 0.4) is 0 Å². The van der Waals surface area contributed by atoms with Gasteiger partial charge in [0.05, 0.1) is 49.0 Å². The van der Waals surface area contributed by atoms with Crippen LogP contribution in [-0.2, 0) is 26.2 Å². The second-order valence-electron chi connectivity index (χ2n) is 11.5. The number of carbonyl (C=O) groups is 4. The first kappa shape index (κ1) is 36.1. The molecule has 0 radical (unpaired) electrons. The summed E-state index contributed by atoms with van der Waals surface area (Å²) in [4.78, 5) is 78.6. The van der Waals surface area contributed by atoms with Crippen LogP contribution in [-0.4, -0.2) is 53.5 Å². The summed E-state index contributed by atoms with van der Waals surface area (Å²) in [7, 11) is 0. The Bertz CT molecular complexity index is 2010. The highest BCUT2D eigenvalue weighted by atomic mass is 16.2. The molecular formula is C40H32N10O4. The molecule has 0 aliphatic carbocycles. The molecule has 0 atom stereocenters. The molecule has 14 nitrogen and oxygen atoms in total. The molecule has 6 aromatic heterocycles. The highest BCUT2D eigenvalue weighted by Crippen LogP contribution is 2.11. The Morgan fingerprint density at radius 2 is 0.667 bits per heavy atom. The van der Waals surface area contributed by atoms with E-state index in [1.807, 2.05) is 0 Å².